The van der Waals surface area contributed by atoms with Gasteiger partial charge in [0, 0.05) is 12.3 Å². The lowest BCUT2D eigenvalue weighted by Crippen LogP contribution is -1.93. The number of pyridine rings is 1. The highest BCUT2D eigenvalue weighted by Crippen LogP contribution is 2.26. The number of rotatable bonds is 6. The number of nitro groups is 1. The van der Waals surface area contributed by atoms with Crippen molar-refractivity contribution in [3.05, 3.63) is 28.4 Å². The first kappa shape index (κ1) is 12.0. The third-order valence-electron chi connectivity index (χ3n) is 1.93. The Morgan fingerprint density at radius 3 is 3.00 bits per heavy atom. The Kier molecular flexibility index (Phi) is 5.10. The van der Waals surface area contributed by atoms with Gasteiger partial charge in [-0.2, -0.15) is 0 Å². The number of hydrogen-bond acceptors (Lipinski definition) is 4. The molecule has 0 saturated carbocycles. The SMILES string of the molecule is CCCCCSc1ncccc1[N+](=O)[O-]. The van der Waals surface area contributed by atoms with Crippen molar-refractivity contribution in [2.24, 2.45) is 0 Å². The van der Waals surface area contributed by atoms with E-state index in [0.29, 0.717) is 5.03 Å². The zero-order valence-electron chi connectivity index (χ0n) is 8.68. The first-order chi connectivity index (χ1) is 7.25. The maximum absolute atomic E-state index is 10.7. The first-order valence-corrected chi connectivity index (χ1v) is 5.96. The van der Waals surface area contributed by atoms with Gasteiger partial charge in [-0.3, -0.25) is 10.1 Å². The van der Waals surface area contributed by atoms with E-state index >= 15 is 0 Å². The van der Waals surface area contributed by atoms with Crippen LogP contribution >= 0.6 is 11.8 Å². The molecular formula is C10H14N2O2S. The fourth-order valence-electron chi connectivity index (χ4n) is 1.15. The molecule has 0 aliphatic carbocycles. The third-order valence-corrected chi connectivity index (χ3v) is 3.02. The number of nitrogens with zero attached hydrogens (tertiary/aromatic N) is 2. The molecule has 1 rings (SSSR count). The van der Waals surface area contributed by atoms with E-state index in [4.69, 9.17) is 0 Å². The van der Waals surface area contributed by atoms with Gasteiger partial charge in [-0.25, -0.2) is 4.98 Å². The van der Waals surface area contributed by atoms with Crippen molar-refractivity contribution in [2.45, 2.75) is 31.2 Å². The van der Waals surface area contributed by atoms with E-state index in [1.54, 1.807) is 12.3 Å². The minimum atomic E-state index is -0.380. The summed E-state index contributed by atoms with van der Waals surface area (Å²) in [5.74, 6) is 0.895. The van der Waals surface area contributed by atoms with Crippen molar-refractivity contribution in [3.8, 4) is 0 Å². The normalized spacial score (nSPS) is 10.2. The molecule has 5 heteroatoms. The molecule has 0 aliphatic heterocycles. The molecule has 15 heavy (non-hydrogen) atoms. The first-order valence-electron chi connectivity index (χ1n) is 4.98. The van der Waals surface area contributed by atoms with Crippen LogP contribution in [0.4, 0.5) is 5.69 Å². The molecule has 0 radical (unpaired) electrons. The van der Waals surface area contributed by atoms with Gasteiger partial charge >= 0.3 is 5.69 Å². The molecule has 0 fully saturated rings. The molecule has 0 atom stereocenters. The van der Waals surface area contributed by atoms with E-state index in [1.807, 2.05) is 0 Å². The maximum Gasteiger partial charge on any atom is 0.301 e. The summed E-state index contributed by atoms with van der Waals surface area (Å²) < 4.78 is 0. The van der Waals surface area contributed by atoms with E-state index in [2.05, 4.69) is 11.9 Å². The van der Waals surface area contributed by atoms with Crippen LogP contribution in [0.5, 0.6) is 0 Å². The van der Waals surface area contributed by atoms with E-state index in [1.165, 1.54) is 17.8 Å². The van der Waals surface area contributed by atoms with E-state index in [0.717, 1.165) is 25.0 Å². The Morgan fingerprint density at radius 1 is 1.53 bits per heavy atom. The molecule has 0 aliphatic rings. The van der Waals surface area contributed by atoms with Crippen LogP contribution in [0.15, 0.2) is 23.4 Å². The molecule has 4 nitrogen and oxygen atoms in total. The fraction of sp³-hybridized carbons (Fsp3) is 0.500. The molecule has 0 amide bonds. The predicted octanol–water partition coefficient (Wildman–Crippen LogP) is 3.27. The Hall–Kier alpha value is -1.10. The van der Waals surface area contributed by atoms with Crippen molar-refractivity contribution in [3.63, 3.8) is 0 Å². The van der Waals surface area contributed by atoms with Crippen molar-refractivity contribution < 1.29 is 4.92 Å². The van der Waals surface area contributed by atoms with Gasteiger partial charge in [-0.1, -0.05) is 31.5 Å². The molecule has 1 aromatic heterocycles. The van der Waals surface area contributed by atoms with Gasteiger partial charge < -0.3 is 0 Å². The van der Waals surface area contributed by atoms with Gasteiger partial charge in [0.15, 0.2) is 5.03 Å². The van der Waals surface area contributed by atoms with Crippen LogP contribution in [0.1, 0.15) is 26.2 Å². The molecule has 1 heterocycles. The van der Waals surface area contributed by atoms with Crippen LogP contribution in [-0.4, -0.2) is 15.7 Å². The quantitative estimate of drug-likeness (QED) is 0.323. The summed E-state index contributed by atoms with van der Waals surface area (Å²) in [7, 11) is 0. The second-order valence-electron chi connectivity index (χ2n) is 3.14. The number of aromatic nitrogens is 1. The summed E-state index contributed by atoms with van der Waals surface area (Å²) in [5, 5.41) is 11.2. The van der Waals surface area contributed by atoms with Crippen LogP contribution in [0, 0.1) is 10.1 Å². The molecule has 82 valence electrons. The molecule has 0 bridgehead atoms. The lowest BCUT2D eigenvalue weighted by atomic mass is 10.3. The molecule has 0 spiro atoms. The Balaban J connectivity index is 2.56. The molecule has 0 saturated heterocycles. The average Bonchev–Trinajstić information content (AvgIpc) is 2.25. The average molecular weight is 226 g/mol. The number of hydrogen-bond donors (Lipinski definition) is 0. The summed E-state index contributed by atoms with van der Waals surface area (Å²) in [4.78, 5) is 14.3. The monoisotopic (exact) mass is 226 g/mol. The second-order valence-corrected chi connectivity index (χ2v) is 4.22. The highest BCUT2D eigenvalue weighted by atomic mass is 32.2. The van der Waals surface area contributed by atoms with Crippen LogP contribution in [0.25, 0.3) is 0 Å². The smallest absolute Gasteiger partial charge is 0.258 e. The van der Waals surface area contributed by atoms with Crippen molar-refractivity contribution in [1.82, 2.24) is 4.98 Å². The van der Waals surface area contributed by atoms with E-state index < -0.39 is 0 Å². The predicted molar refractivity (Wildman–Crippen MR) is 61.1 cm³/mol. The Morgan fingerprint density at radius 2 is 2.33 bits per heavy atom. The van der Waals surface area contributed by atoms with E-state index in [-0.39, 0.29) is 10.6 Å². The highest BCUT2D eigenvalue weighted by Gasteiger charge is 2.13. The van der Waals surface area contributed by atoms with Crippen molar-refractivity contribution in [1.29, 1.82) is 0 Å². The summed E-state index contributed by atoms with van der Waals surface area (Å²) in [6.45, 7) is 2.13. The van der Waals surface area contributed by atoms with Crippen molar-refractivity contribution >= 4 is 17.4 Å². The van der Waals surface area contributed by atoms with Gasteiger partial charge in [-0.05, 0) is 18.2 Å². The molecule has 0 aromatic carbocycles. The minimum absolute atomic E-state index is 0.110. The van der Waals surface area contributed by atoms with Gasteiger partial charge in [-0.15, -0.1) is 0 Å². The molecule has 0 unspecified atom stereocenters. The fourth-order valence-corrected chi connectivity index (χ4v) is 2.12. The number of unbranched alkanes of at least 4 members (excludes halogenated alkanes) is 2. The van der Waals surface area contributed by atoms with Crippen LogP contribution in [0.2, 0.25) is 0 Å². The zero-order chi connectivity index (χ0) is 11.1. The van der Waals surface area contributed by atoms with Gasteiger partial charge in [0.1, 0.15) is 0 Å². The summed E-state index contributed by atoms with van der Waals surface area (Å²) >= 11 is 1.46. The summed E-state index contributed by atoms with van der Waals surface area (Å²) in [5.41, 5.74) is 0.110. The largest absolute Gasteiger partial charge is 0.301 e. The second kappa shape index (κ2) is 6.40. The maximum atomic E-state index is 10.7. The highest BCUT2D eigenvalue weighted by molar-refractivity contribution is 7.99. The molecule has 1 aromatic rings. The Labute approximate surface area is 93.3 Å². The Bertz CT molecular complexity index is 331. The molecule has 0 N–H and O–H groups in total. The standard InChI is InChI=1S/C10H14N2O2S/c1-2-3-4-8-15-10-9(12(13)14)6-5-7-11-10/h5-7H,2-4,8H2,1H3. The van der Waals surface area contributed by atoms with Gasteiger partial charge in [0.25, 0.3) is 0 Å². The molecular weight excluding hydrogens is 212 g/mol. The lowest BCUT2D eigenvalue weighted by Gasteiger charge is -2.00. The number of thioether (sulfide) groups is 1. The van der Waals surface area contributed by atoms with Crippen molar-refractivity contribution in [2.75, 3.05) is 5.75 Å². The van der Waals surface area contributed by atoms with Crippen LogP contribution in [-0.2, 0) is 0 Å². The lowest BCUT2D eigenvalue weighted by molar-refractivity contribution is -0.388. The third kappa shape index (κ3) is 3.87. The zero-order valence-corrected chi connectivity index (χ0v) is 9.50. The van der Waals surface area contributed by atoms with Gasteiger partial charge in [0.05, 0.1) is 4.92 Å². The summed E-state index contributed by atoms with van der Waals surface area (Å²) in [6, 6.07) is 3.09. The van der Waals surface area contributed by atoms with Gasteiger partial charge in [0.2, 0.25) is 0 Å². The topological polar surface area (TPSA) is 56.0 Å². The van der Waals surface area contributed by atoms with Crippen LogP contribution < -0.4 is 0 Å². The minimum Gasteiger partial charge on any atom is -0.258 e. The summed E-state index contributed by atoms with van der Waals surface area (Å²) in [6.07, 6.45) is 4.99. The van der Waals surface area contributed by atoms with E-state index in [9.17, 15) is 10.1 Å². The van der Waals surface area contributed by atoms with Crippen LogP contribution in [0.3, 0.4) is 0 Å².